The Hall–Kier alpha value is -1.79. The number of nitrogens with zero attached hydrogens (tertiary/aromatic N) is 1. The molecule has 0 saturated carbocycles. The summed E-state index contributed by atoms with van der Waals surface area (Å²) in [5, 5.41) is 0. The molecule has 0 amide bonds. The van der Waals surface area contributed by atoms with E-state index in [2.05, 4.69) is 9.71 Å². The molecule has 0 bridgehead atoms. The van der Waals surface area contributed by atoms with Crippen molar-refractivity contribution in [3.8, 4) is 0 Å². The number of sulfonamides is 1. The van der Waals surface area contributed by atoms with Gasteiger partial charge in [-0.25, -0.2) is 8.42 Å². The Bertz CT molecular complexity index is 800. The van der Waals surface area contributed by atoms with E-state index in [9.17, 15) is 8.42 Å². The highest BCUT2D eigenvalue weighted by atomic mass is 32.3. The summed E-state index contributed by atoms with van der Waals surface area (Å²) in [7, 11) is -3.37. The van der Waals surface area contributed by atoms with Gasteiger partial charge in [0, 0.05) is 11.3 Å². The van der Waals surface area contributed by atoms with E-state index in [1.165, 1.54) is 11.8 Å². The number of rotatable bonds is 4. The van der Waals surface area contributed by atoms with E-state index in [4.69, 9.17) is 0 Å². The highest BCUT2D eigenvalue weighted by Crippen LogP contribution is 2.32. The molecule has 1 fully saturated rings. The summed E-state index contributed by atoms with van der Waals surface area (Å²) in [5.41, 5.74) is 2.22. The molecule has 0 spiro atoms. The van der Waals surface area contributed by atoms with Crippen molar-refractivity contribution >= 4 is 27.6 Å². The molecule has 2 aromatic rings. The molecule has 2 aromatic carbocycles. The highest BCUT2D eigenvalue weighted by molar-refractivity contribution is 8.13. The van der Waals surface area contributed by atoms with Crippen LogP contribution in [0.2, 0.25) is 0 Å². The van der Waals surface area contributed by atoms with Crippen LogP contribution in [0.4, 0.5) is 0 Å². The molecule has 1 aliphatic rings. The minimum Gasteiger partial charge on any atom is -0.270 e. The summed E-state index contributed by atoms with van der Waals surface area (Å²) in [6.07, 6.45) is 0.410. The second-order valence-corrected chi connectivity index (χ2v) is 8.90. The number of nitrogens with one attached hydrogen (secondary N) is 1. The quantitative estimate of drug-likeness (QED) is 0.924. The molecule has 0 radical (unpaired) electrons. The van der Waals surface area contributed by atoms with Gasteiger partial charge in [0.15, 0.2) is 0 Å². The molecule has 6 heteroatoms. The van der Waals surface area contributed by atoms with Crippen molar-refractivity contribution in [2.45, 2.75) is 29.4 Å². The van der Waals surface area contributed by atoms with Gasteiger partial charge in [-0.2, -0.15) is 0 Å². The fourth-order valence-electron chi connectivity index (χ4n) is 2.28. The molecule has 4 nitrogen and oxygen atoms in total. The van der Waals surface area contributed by atoms with Crippen LogP contribution in [0.5, 0.6) is 0 Å². The average Bonchev–Trinajstić information content (AvgIpc) is 2.83. The predicted octanol–water partition coefficient (Wildman–Crippen LogP) is 3.34. The van der Waals surface area contributed by atoms with Gasteiger partial charge >= 0.3 is 0 Å². The molecule has 23 heavy (non-hydrogen) atoms. The van der Waals surface area contributed by atoms with Crippen LogP contribution in [0.25, 0.3) is 0 Å². The summed E-state index contributed by atoms with van der Waals surface area (Å²) in [6.45, 7) is 2.50. The molecule has 1 saturated heterocycles. The number of aryl methyl sites for hydroxylation is 1. The number of amidine groups is 1. The van der Waals surface area contributed by atoms with Crippen LogP contribution in [0.1, 0.15) is 17.5 Å². The normalized spacial score (nSPS) is 21.3. The lowest BCUT2D eigenvalue weighted by atomic mass is 10.2. The third kappa shape index (κ3) is 4.14. The Morgan fingerprint density at radius 3 is 2.52 bits per heavy atom. The third-order valence-electron chi connectivity index (χ3n) is 3.55. The SMILES string of the molecule is Cc1ccc(SC2CC(=NCc3ccccc3)NS2(=O)=O)cc1. The summed E-state index contributed by atoms with van der Waals surface area (Å²) < 4.78 is 26.5. The number of benzene rings is 2. The standard InChI is InChI=1S/C17H18N2O2S2/c1-13-7-9-15(10-8-13)22-17-11-16(19-23(17,20)21)18-12-14-5-3-2-4-6-14/h2-10,17H,11-12H2,1H3,(H,18,19). The van der Waals surface area contributed by atoms with Gasteiger partial charge in [-0.3, -0.25) is 9.71 Å². The summed E-state index contributed by atoms with van der Waals surface area (Å²) in [6, 6.07) is 17.7. The van der Waals surface area contributed by atoms with Crippen molar-refractivity contribution in [1.82, 2.24) is 4.72 Å². The van der Waals surface area contributed by atoms with E-state index in [1.807, 2.05) is 61.5 Å². The van der Waals surface area contributed by atoms with Crippen molar-refractivity contribution in [3.63, 3.8) is 0 Å². The van der Waals surface area contributed by atoms with Crippen LogP contribution >= 0.6 is 11.8 Å². The molecule has 1 aliphatic heterocycles. The first-order valence-electron chi connectivity index (χ1n) is 7.35. The van der Waals surface area contributed by atoms with E-state index in [1.54, 1.807) is 0 Å². The Labute approximate surface area is 141 Å². The maximum Gasteiger partial charge on any atom is 0.246 e. The number of hydrogen-bond acceptors (Lipinski definition) is 4. The second kappa shape index (κ2) is 6.76. The van der Waals surface area contributed by atoms with Crippen LogP contribution in [0, 0.1) is 6.92 Å². The predicted molar refractivity (Wildman–Crippen MR) is 95.1 cm³/mol. The molecule has 1 unspecified atom stereocenters. The Balaban J connectivity index is 1.69. The van der Waals surface area contributed by atoms with Gasteiger partial charge in [-0.1, -0.05) is 48.0 Å². The van der Waals surface area contributed by atoms with Crippen molar-refractivity contribution in [2.75, 3.05) is 0 Å². The fourth-order valence-corrected chi connectivity index (χ4v) is 5.09. The molecular weight excluding hydrogens is 328 g/mol. The van der Waals surface area contributed by atoms with Crippen LogP contribution in [-0.4, -0.2) is 18.8 Å². The average molecular weight is 346 g/mol. The first-order chi connectivity index (χ1) is 11.0. The first kappa shape index (κ1) is 16.1. The lowest BCUT2D eigenvalue weighted by Crippen LogP contribution is -2.23. The van der Waals surface area contributed by atoms with Gasteiger partial charge < -0.3 is 0 Å². The van der Waals surface area contributed by atoms with Gasteiger partial charge in [-0.15, -0.1) is 11.8 Å². The van der Waals surface area contributed by atoms with E-state index < -0.39 is 14.6 Å². The van der Waals surface area contributed by atoms with Crippen molar-refractivity contribution < 1.29 is 8.42 Å². The minimum absolute atomic E-state index is 0.410. The third-order valence-corrected chi connectivity index (χ3v) is 6.95. The number of thioether (sulfide) groups is 1. The fraction of sp³-hybridized carbons (Fsp3) is 0.235. The summed E-state index contributed by atoms with van der Waals surface area (Å²) in [5.74, 6) is 0.540. The molecule has 0 aromatic heterocycles. The topological polar surface area (TPSA) is 58.5 Å². The number of hydrogen-bond donors (Lipinski definition) is 1. The van der Waals surface area contributed by atoms with Gasteiger partial charge in [0.05, 0.1) is 6.54 Å². The maximum absolute atomic E-state index is 12.2. The summed E-state index contributed by atoms with van der Waals surface area (Å²) >= 11 is 1.36. The van der Waals surface area contributed by atoms with Crippen molar-refractivity contribution in [2.24, 2.45) is 4.99 Å². The zero-order valence-electron chi connectivity index (χ0n) is 12.8. The Kier molecular flexibility index (Phi) is 4.73. The highest BCUT2D eigenvalue weighted by Gasteiger charge is 2.36. The lowest BCUT2D eigenvalue weighted by molar-refractivity contribution is 0.594. The molecule has 1 heterocycles. The van der Waals surface area contributed by atoms with Crippen LogP contribution in [0.3, 0.4) is 0 Å². The van der Waals surface area contributed by atoms with Crippen molar-refractivity contribution in [3.05, 3.63) is 65.7 Å². The molecule has 0 aliphatic carbocycles. The molecule has 3 rings (SSSR count). The monoisotopic (exact) mass is 346 g/mol. The molecule has 1 N–H and O–H groups in total. The molecule has 120 valence electrons. The van der Waals surface area contributed by atoms with E-state index in [0.29, 0.717) is 18.8 Å². The molecule has 1 atom stereocenters. The van der Waals surface area contributed by atoms with Gasteiger partial charge in [0.1, 0.15) is 10.4 Å². The first-order valence-corrected chi connectivity index (χ1v) is 9.78. The smallest absolute Gasteiger partial charge is 0.246 e. The minimum atomic E-state index is -3.37. The van der Waals surface area contributed by atoms with Gasteiger partial charge in [0.2, 0.25) is 10.0 Å². The van der Waals surface area contributed by atoms with E-state index >= 15 is 0 Å². The van der Waals surface area contributed by atoms with Crippen LogP contribution in [-0.2, 0) is 16.6 Å². The Morgan fingerprint density at radius 2 is 1.83 bits per heavy atom. The van der Waals surface area contributed by atoms with Crippen LogP contribution in [0.15, 0.2) is 64.5 Å². The largest absolute Gasteiger partial charge is 0.270 e. The van der Waals surface area contributed by atoms with E-state index in [-0.39, 0.29) is 0 Å². The second-order valence-electron chi connectivity index (χ2n) is 5.46. The van der Waals surface area contributed by atoms with Crippen LogP contribution < -0.4 is 4.72 Å². The zero-order chi connectivity index (χ0) is 16.3. The lowest BCUT2D eigenvalue weighted by Gasteiger charge is -2.07. The summed E-state index contributed by atoms with van der Waals surface area (Å²) in [4.78, 5) is 5.36. The van der Waals surface area contributed by atoms with E-state index in [0.717, 1.165) is 16.0 Å². The Morgan fingerprint density at radius 1 is 1.13 bits per heavy atom. The maximum atomic E-state index is 12.2. The molecular formula is C17H18N2O2S2. The van der Waals surface area contributed by atoms with Gasteiger partial charge in [-0.05, 0) is 24.6 Å². The van der Waals surface area contributed by atoms with Gasteiger partial charge in [0.25, 0.3) is 0 Å². The zero-order valence-corrected chi connectivity index (χ0v) is 14.4. The van der Waals surface area contributed by atoms with Crippen molar-refractivity contribution in [1.29, 1.82) is 0 Å². The number of aliphatic imine (C=N–C) groups is 1.